The van der Waals surface area contributed by atoms with Crippen molar-refractivity contribution in [1.82, 2.24) is 14.3 Å². The van der Waals surface area contributed by atoms with Crippen LogP contribution in [0.3, 0.4) is 0 Å². The van der Waals surface area contributed by atoms with Crippen LogP contribution in [-0.4, -0.2) is 42.4 Å². The normalized spacial score (nSPS) is 17.0. The summed E-state index contributed by atoms with van der Waals surface area (Å²) in [6.07, 6.45) is 3.36. The SMILES string of the molecule is CCOCc1cnc(C)nc1C1CCN(S(=O)(=O)c2cccs2)CC1. The molecule has 0 bridgehead atoms. The Hall–Kier alpha value is -1.35. The molecule has 2 aromatic rings. The zero-order chi connectivity index (χ0) is 17.9. The van der Waals surface area contributed by atoms with Crippen molar-refractivity contribution < 1.29 is 13.2 Å². The van der Waals surface area contributed by atoms with Crippen LogP contribution in [0.15, 0.2) is 27.9 Å². The van der Waals surface area contributed by atoms with E-state index in [0.717, 1.165) is 29.9 Å². The Balaban J connectivity index is 1.73. The van der Waals surface area contributed by atoms with Crippen molar-refractivity contribution >= 4 is 21.4 Å². The van der Waals surface area contributed by atoms with Crippen molar-refractivity contribution in [2.45, 2.75) is 43.4 Å². The molecule has 6 nitrogen and oxygen atoms in total. The smallest absolute Gasteiger partial charge is 0.252 e. The minimum absolute atomic E-state index is 0.243. The minimum Gasteiger partial charge on any atom is -0.377 e. The van der Waals surface area contributed by atoms with Gasteiger partial charge in [0.15, 0.2) is 0 Å². The fourth-order valence-electron chi connectivity index (χ4n) is 3.10. The summed E-state index contributed by atoms with van der Waals surface area (Å²) in [5.41, 5.74) is 2.01. The molecule has 1 aliphatic rings. The maximum absolute atomic E-state index is 12.6. The third-order valence-corrected chi connectivity index (χ3v) is 7.68. The molecule has 1 aliphatic heterocycles. The molecule has 0 atom stereocenters. The lowest BCUT2D eigenvalue weighted by Crippen LogP contribution is -2.38. The highest BCUT2D eigenvalue weighted by Gasteiger charge is 2.31. The molecule has 3 heterocycles. The van der Waals surface area contributed by atoms with Gasteiger partial charge in [-0.3, -0.25) is 0 Å². The Morgan fingerprint density at radius 2 is 2.12 bits per heavy atom. The van der Waals surface area contributed by atoms with Gasteiger partial charge < -0.3 is 4.74 Å². The highest BCUT2D eigenvalue weighted by Crippen LogP contribution is 2.32. The first-order valence-electron chi connectivity index (χ1n) is 8.46. The van der Waals surface area contributed by atoms with Crippen molar-refractivity contribution in [3.8, 4) is 0 Å². The number of sulfonamides is 1. The van der Waals surface area contributed by atoms with Crippen LogP contribution in [0, 0.1) is 6.92 Å². The van der Waals surface area contributed by atoms with Gasteiger partial charge in [0.25, 0.3) is 10.0 Å². The predicted molar refractivity (Wildman–Crippen MR) is 97.2 cm³/mol. The van der Waals surface area contributed by atoms with Gasteiger partial charge in [0, 0.05) is 37.4 Å². The number of hydrogen-bond acceptors (Lipinski definition) is 6. The van der Waals surface area contributed by atoms with Crippen molar-refractivity contribution in [2.75, 3.05) is 19.7 Å². The molecular formula is C17H23N3O3S2. The summed E-state index contributed by atoms with van der Waals surface area (Å²) in [5, 5.41) is 1.79. The topological polar surface area (TPSA) is 72.4 Å². The van der Waals surface area contributed by atoms with E-state index in [1.54, 1.807) is 21.8 Å². The Kier molecular flexibility index (Phi) is 5.83. The van der Waals surface area contributed by atoms with Crippen LogP contribution in [0.1, 0.15) is 42.8 Å². The first-order chi connectivity index (χ1) is 12.0. The molecule has 0 saturated carbocycles. The predicted octanol–water partition coefficient (Wildman–Crippen LogP) is 2.95. The number of rotatable bonds is 6. The van der Waals surface area contributed by atoms with Crippen molar-refractivity contribution in [3.05, 3.63) is 40.8 Å². The largest absolute Gasteiger partial charge is 0.377 e. The van der Waals surface area contributed by atoms with Crippen LogP contribution in [0.4, 0.5) is 0 Å². The summed E-state index contributed by atoms with van der Waals surface area (Å²) in [5.74, 6) is 0.982. The summed E-state index contributed by atoms with van der Waals surface area (Å²) in [4.78, 5) is 8.91. The van der Waals surface area contributed by atoms with Crippen molar-refractivity contribution in [2.24, 2.45) is 0 Å². The van der Waals surface area contributed by atoms with Crippen LogP contribution in [0.5, 0.6) is 0 Å². The van der Waals surface area contributed by atoms with Crippen molar-refractivity contribution in [3.63, 3.8) is 0 Å². The minimum atomic E-state index is -3.36. The van der Waals surface area contributed by atoms with Gasteiger partial charge in [-0.1, -0.05) is 6.07 Å². The Bertz CT molecular complexity index is 799. The van der Waals surface area contributed by atoms with E-state index in [9.17, 15) is 8.42 Å². The van der Waals surface area contributed by atoms with Gasteiger partial charge in [-0.25, -0.2) is 18.4 Å². The zero-order valence-corrected chi connectivity index (χ0v) is 16.1. The molecule has 136 valence electrons. The first-order valence-corrected chi connectivity index (χ1v) is 10.8. The lowest BCUT2D eigenvalue weighted by Gasteiger charge is -2.31. The van der Waals surface area contributed by atoms with Gasteiger partial charge in [-0.05, 0) is 38.1 Å². The number of aromatic nitrogens is 2. The van der Waals surface area contributed by atoms with E-state index in [0.29, 0.717) is 30.5 Å². The van der Waals surface area contributed by atoms with E-state index in [1.807, 2.05) is 20.0 Å². The number of thiophene rings is 1. The van der Waals surface area contributed by atoms with Crippen LogP contribution in [-0.2, 0) is 21.4 Å². The standard InChI is InChI=1S/C17H23N3O3S2/c1-3-23-12-15-11-18-13(2)19-17(15)14-6-8-20(9-7-14)25(21,22)16-5-4-10-24-16/h4-5,10-11,14H,3,6-9,12H2,1-2H3. The van der Waals surface area contributed by atoms with Crippen LogP contribution in [0.25, 0.3) is 0 Å². The van der Waals surface area contributed by atoms with Crippen LogP contribution >= 0.6 is 11.3 Å². The second-order valence-electron chi connectivity index (χ2n) is 6.08. The molecule has 0 N–H and O–H groups in total. The summed E-state index contributed by atoms with van der Waals surface area (Å²) in [6.45, 7) is 6.02. The number of ether oxygens (including phenoxy) is 1. The number of hydrogen-bond donors (Lipinski definition) is 0. The molecule has 0 spiro atoms. The molecule has 25 heavy (non-hydrogen) atoms. The van der Waals surface area contributed by atoms with Gasteiger partial charge in [0.1, 0.15) is 10.0 Å². The Labute approximate surface area is 152 Å². The average Bonchev–Trinajstić information content (AvgIpc) is 3.16. The monoisotopic (exact) mass is 381 g/mol. The van der Waals surface area contributed by atoms with E-state index in [1.165, 1.54) is 11.3 Å². The third kappa shape index (κ3) is 4.08. The van der Waals surface area contributed by atoms with Gasteiger partial charge in [0.05, 0.1) is 12.3 Å². The van der Waals surface area contributed by atoms with Crippen molar-refractivity contribution in [1.29, 1.82) is 0 Å². The lowest BCUT2D eigenvalue weighted by molar-refractivity contribution is 0.132. The maximum Gasteiger partial charge on any atom is 0.252 e. The number of aryl methyl sites for hydroxylation is 1. The molecule has 0 radical (unpaired) electrons. The van der Waals surface area contributed by atoms with E-state index in [-0.39, 0.29) is 5.92 Å². The number of nitrogens with zero attached hydrogens (tertiary/aromatic N) is 3. The molecule has 0 unspecified atom stereocenters. The third-order valence-electron chi connectivity index (χ3n) is 4.41. The van der Waals surface area contributed by atoms with Gasteiger partial charge in [-0.2, -0.15) is 4.31 Å². The quantitative estimate of drug-likeness (QED) is 0.769. The molecule has 2 aromatic heterocycles. The van der Waals surface area contributed by atoms with Gasteiger partial charge in [0.2, 0.25) is 0 Å². The second-order valence-corrected chi connectivity index (χ2v) is 9.19. The zero-order valence-electron chi connectivity index (χ0n) is 14.5. The molecule has 1 fully saturated rings. The maximum atomic E-state index is 12.6. The molecular weight excluding hydrogens is 358 g/mol. The molecule has 0 aliphatic carbocycles. The Morgan fingerprint density at radius 3 is 2.76 bits per heavy atom. The van der Waals surface area contributed by atoms with E-state index in [4.69, 9.17) is 4.74 Å². The van der Waals surface area contributed by atoms with Crippen LogP contribution < -0.4 is 0 Å². The Morgan fingerprint density at radius 1 is 1.36 bits per heavy atom. The average molecular weight is 382 g/mol. The molecule has 1 saturated heterocycles. The summed E-state index contributed by atoms with van der Waals surface area (Å²) in [6, 6.07) is 3.44. The van der Waals surface area contributed by atoms with Gasteiger partial charge >= 0.3 is 0 Å². The number of piperidine rings is 1. The van der Waals surface area contributed by atoms with E-state index >= 15 is 0 Å². The molecule has 3 rings (SSSR count). The highest BCUT2D eigenvalue weighted by atomic mass is 32.2. The molecule has 8 heteroatoms. The lowest BCUT2D eigenvalue weighted by atomic mass is 9.92. The van der Waals surface area contributed by atoms with Gasteiger partial charge in [-0.15, -0.1) is 11.3 Å². The van der Waals surface area contributed by atoms with E-state index < -0.39 is 10.0 Å². The van der Waals surface area contributed by atoms with E-state index in [2.05, 4.69) is 9.97 Å². The summed E-state index contributed by atoms with van der Waals surface area (Å²) >= 11 is 1.27. The van der Waals surface area contributed by atoms with Crippen LogP contribution in [0.2, 0.25) is 0 Å². The molecule has 0 amide bonds. The molecule has 0 aromatic carbocycles. The highest BCUT2D eigenvalue weighted by molar-refractivity contribution is 7.91. The second kappa shape index (κ2) is 7.90. The summed E-state index contributed by atoms with van der Waals surface area (Å²) in [7, 11) is -3.36. The fraction of sp³-hybridized carbons (Fsp3) is 0.529. The summed E-state index contributed by atoms with van der Waals surface area (Å²) < 4.78 is 32.8. The fourth-order valence-corrected chi connectivity index (χ4v) is 5.71. The first kappa shape index (κ1) is 18.4.